The number of hydrogen-bond donors (Lipinski definition) is 2. The van der Waals surface area contributed by atoms with Crippen molar-refractivity contribution >= 4 is 46.4 Å². The summed E-state index contributed by atoms with van der Waals surface area (Å²) in [7, 11) is 1.78. The monoisotopic (exact) mass is 420 g/mol. The second-order valence-corrected chi connectivity index (χ2v) is 6.78. The number of rotatable bonds is 5. The molecule has 3 aromatic rings. The average molecular weight is 421 g/mol. The van der Waals surface area contributed by atoms with Crippen LogP contribution in [0.5, 0.6) is 0 Å². The van der Waals surface area contributed by atoms with Crippen molar-refractivity contribution in [3.63, 3.8) is 0 Å². The normalized spacial score (nSPS) is 10.8. The predicted octanol–water partition coefficient (Wildman–Crippen LogP) is 3.76. The highest BCUT2D eigenvalue weighted by atomic mass is 35.5. The van der Waals surface area contributed by atoms with Crippen LogP contribution in [-0.2, 0) is 13.6 Å². The average Bonchev–Trinajstić information content (AvgIpc) is 3.21. The Labute approximate surface area is 171 Å². The van der Waals surface area contributed by atoms with Gasteiger partial charge in [0.05, 0.1) is 45.1 Å². The summed E-state index contributed by atoms with van der Waals surface area (Å²) in [4.78, 5) is 25.5. The Hall–Kier alpha value is -2.84. The van der Waals surface area contributed by atoms with Crippen LogP contribution in [0.4, 0.5) is 11.4 Å². The van der Waals surface area contributed by atoms with E-state index in [4.69, 9.17) is 23.2 Å². The molecule has 0 atom stereocenters. The van der Waals surface area contributed by atoms with Crippen molar-refractivity contribution in [2.75, 3.05) is 10.6 Å². The van der Waals surface area contributed by atoms with Gasteiger partial charge in [-0.15, -0.1) is 0 Å². The summed E-state index contributed by atoms with van der Waals surface area (Å²) in [6.45, 7) is 4.13. The van der Waals surface area contributed by atoms with Gasteiger partial charge in [0.1, 0.15) is 5.69 Å². The van der Waals surface area contributed by atoms with Crippen molar-refractivity contribution < 1.29 is 9.59 Å². The number of nitrogens with zero attached hydrogens (tertiary/aromatic N) is 4. The minimum Gasteiger partial charge on any atom is -0.319 e. The van der Waals surface area contributed by atoms with Crippen LogP contribution >= 0.6 is 23.2 Å². The number of nitrogens with one attached hydrogen (secondary N) is 2. The Morgan fingerprint density at radius 3 is 2.39 bits per heavy atom. The fraction of sp³-hybridized carbons (Fsp3) is 0.222. The van der Waals surface area contributed by atoms with Crippen molar-refractivity contribution in [1.29, 1.82) is 0 Å². The zero-order valence-corrected chi connectivity index (χ0v) is 17.0. The second kappa shape index (κ2) is 8.04. The van der Waals surface area contributed by atoms with Crippen molar-refractivity contribution in [1.82, 2.24) is 19.6 Å². The lowest BCUT2D eigenvalue weighted by Gasteiger charge is -2.11. The first-order valence-electron chi connectivity index (χ1n) is 8.44. The molecule has 2 heterocycles. The summed E-state index contributed by atoms with van der Waals surface area (Å²) in [5, 5.41) is 14.2. The van der Waals surface area contributed by atoms with E-state index < -0.39 is 11.8 Å². The third kappa shape index (κ3) is 3.74. The van der Waals surface area contributed by atoms with Crippen LogP contribution in [0, 0.1) is 6.92 Å². The molecule has 2 aromatic heterocycles. The number of carbonyl (C=O) groups is 2. The molecule has 3 rings (SSSR count). The molecular formula is C18H18Cl2N6O2. The third-order valence-corrected chi connectivity index (χ3v) is 5.10. The van der Waals surface area contributed by atoms with Crippen LogP contribution in [0.1, 0.15) is 33.5 Å². The van der Waals surface area contributed by atoms with Gasteiger partial charge in [0, 0.05) is 13.6 Å². The van der Waals surface area contributed by atoms with E-state index in [1.807, 2.05) is 13.8 Å². The summed E-state index contributed by atoms with van der Waals surface area (Å²) in [6.07, 6.45) is 2.98. The van der Waals surface area contributed by atoms with Gasteiger partial charge >= 0.3 is 0 Å². The highest BCUT2D eigenvalue weighted by Gasteiger charge is 2.22. The Morgan fingerprint density at radius 1 is 1.07 bits per heavy atom. The van der Waals surface area contributed by atoms with E-state index in [9.17, 15) is 9.59 Å². The Balaban J connectivity index is 1.90. The molecule has 1 aromatic carbocycles. The molecule has 0 saturated carbocycles. The summed E-state index contributed by atoms with van der Waals surface area (Å²) in [6, 6.07) is 4.76. The molecule has 0 aliphatic heterocycles. The summed E-state index contributed by atoms with van der Waals surface area (Å²) in [5.74, 6) is -0.905. The smallest absolute Gasteiger partial charge is 0.276 e. The Morgan fingerprint density at radius 2 is 1.75 bits per heavy atom. The first-order valence-corrected chi connectivity index (χ1v) is 9.20. The molecular weight excluding hydrogens is 403 g/mol. The molecule has 10 heteroatoms. The van der Waals surface area contributed by atoms with E-state index in [0.29, 0.717) is 12.2 Å². The van der Waals surface area contributed by atoms with Gasteiger partial charge in [-0.05, 0) is 26.0 Å². The molecule has 8 nitrogen and oxygen atoms in total. The highest BCUT2D eigenvalue weighted by Crippen LogP contribution is 2.27. The lowest BCUT2D eigenvalue weighted by molar-refractivity contribution is 0.101. The third-order valence-electron chi connectivity index (χ3n) is 4.28. The number of amides is 2. The highest BCUT2D eigenvalue weighted by molar-refractivity contribution is 6.44. The molecule has 0 fully saturated rings. The molecule has 0 aliphatic rings. The van der Waals surface area contributed by atoms with Gasteiger partial charge in [-0.25, -0.2) is 0 Å². The lowest BCUT2D eigenvalue weighted by Crippen LogP contribution is -2.21. The second-order valence-electron chi connectivity index (χ2n) is 6.00. The minimum absolute atomic E-state index is 0.140. The lowest BCUT2D eigenvalue weighted by atomic mass is 10.2. The summed E-state index contributed by atoms with van der Waals surface area (Å²) in [5.41, 5.74) is 2.06. The van der Waals surface area contributed by atoms with E-state index in [1.54, 1.807) is 36.1 Å². The van der Waals surface area contributed by atoms with E-state index in [2.05, 4.69) is 20.8 Å². The molecule has 0 unspecified atom stereocenters. The molecule has 2 amide bonds. The summed E-state index contributed by atoms with van der Waals surface area (Å²) < 4.78 is 3.15. The van der Waals surface area contributed by atoms with Crippen LogP contribution in [0.2, 0.25) is 10.0 Å². The van der Waals surface area contributed by atoms with E-state index in [0.717, 1.165) is 5.69 Å². The molecule has 0 spiro atoms. The number of halogens is 2. The van der Waals surface area contributed by atoms with Crippen LogP contribution in [0.3, 0.4) is 0 Å². The minimum atomic E-state index is -0.491. The predicted molar refractivity (Wildman–Crippen MR) is 108 cm³/mol. The molecule has 2 N–H and O–H groups in total. The zero-order valence-electron chi connectivity index (χ0n) is 15.5. The number of hydrogen-bond acceptors (Lipinski definition) is 4. The maximum Gasteiger partial charge on any atom is 0.276 e. The van der Waals surface area contributed by atoms with Crippen molar-refractivity contribution in [2.45, 2.75) is 20.4 Å². The Kier molecular flexibility index (Phi) is 5.71. The van der Waals surface area contributed by atoms with Gasteiger partial charge in [0.25, 0.3) is 11.8 Å². The molecule has 146 valence electrons. The molecule has 28 heavy (non-hydrogen) atoms. The maximum absolute atomic E-state index is 12.9. The number of aromatic nitrogens is 4. The van der Waals surface area contributed by atoms with Gasteiger partial charge in [-0.1, -0.05) is 29.3 Å². The van der Waals surface area contributed by atoms with Crippen molar-refractivity contribution in [3.05, 3.63) is 57.6 Å². The maximum atomic E-state index is 12.9. The fourth-order valence-corrected chi connectivity index (χ4v) is 3.01. The quantitative estimate of drug-likeness (QED) is 0.656. The zero-order chi connectivity index (χ0) is 20.4. The van der Waals surface area contributed by atoms with Gasteiger partial charge in [0.2, 0.25) is 0 Å². The SMILES string of the molecule is CCn1ncc(NC(=O)c2cccc(Cl)c2Cl)c1C(=O)Nc1cnn(C)c1C. The first-order chi connectivity index (χ1) is 13.3. The summed E-state index contributed by atoms with van der Waals surface area (Å²) >= 11 is 12.1. The Bertz CT molecular complexity index is 1060. The molecule has 0 bridgehead atoms. The molecule has 0 aliphatic carbocycles. The van der Waals surface area contributed by atoms with Crippen molar-refractivity contribution in [3.8, 4) is 0 Å². The van der Waals surface area contributed by atoms with Crippen LogP contribution < -0.4 is 10.6 Å². The number of aryl methyl sites for hydroxylation is 2. The van der Waals surface area contributed by atoms with E-state index in [-0.39, 0.29) is 27.0 Å². The molecule has 0 saturated heterocycles. The van der Waals surface area contributed by atoms with Gasteiger partial charge in [0.15, 0.2) is 0 Å². The number of anilines is 2. The topological polar surface area (TPSA) is 93.8 Å². The number of benzene rings is 1. The van der Waals surface area contributed by atoms with Crippen LogP contribution in [0.25, 0.3) is 0 Å². The van der Waals surface area contributed by atoms with Crippen molar-refractivity contribution in [2.24, 2.45) is 7.05 Å². The van der Waals surface area contributed by atoms with Crippen LogP contribution in [-0.4, -0.2) is 31.4 Å². The fourth-order valence-electron chi connectivity index (χ4n) is 2.63. The van der Waals surface area contributed by atoms with E-state index >= 15 is 0 Å². The van der Waals surface area contributed by atoms with Crippen LogP contribution in [0.15, 0.2) is 30.6 Å². The number of carbonyl (C=O) groups excluding carboxylic acids is 2. The van der Waals surface area contributed by atoms with E-state index in [1.165, 1.54) is 10.9 Å². The standard InChI is InChI=1S/C18H18Cl2N6O2/c1-4-26-16(18(28)23-13-8-21-25(3)10(13)2)14(9-22-26)24-17(27)11-6-5-7-12(19)15(11)20/h5-9H,4H2,1-3H3,(H,23,28)(H,24,27). The first kappa shape index (κ1) is 19.9. The van der Waals surface area contributed by atoms with Gasteiger partial charge in [-0.2, -0.15) is 10.2 Å². The van der Waals surface area contributed by atoms with Gasteiger partial charge < -0.3 is 10.6 Å². The van der Waals surface area contributed by atoms with Gasteiger partial charge in [-0.3, -0.25) is 19.0 Å². The largest absolute Gasteiger partial charge is 0.319 e. The molecule has 0 radical (unpaired) electrons.